The van der Waals surface area contributed by atoms with Crippen molar-refractivity contribution < 1.29 is 18.4 Å². The highest BCUT2D eigenvalue weighted by molar-refractivity contribution is 5.81. The summed E-state index contributed by atoms with van der Waals surface area (Å²) in [4.78, 5) is 39.7. The maximum absolute atomic E-state index is 12.4. The molecular weight excluding hydrogens is 328 g/mol. The van der Waals surface area contributed by atoms with Gasteiger partial charge in [0.2, 0.25) is 11.8 Å². The third-order valence-corrected chi connectivity index (χ3v) is 4.49. The largest absolute Gasteiger partial charge is 0.459 e. The Morgan fingerprint density at radius 2 is 1.88 bits per heavy atom. The van der Waals surface area contributed by atoms with E-state index in [4.69, 9.17) is 8.83 Å². The zero-order chi connectivity index (χ0) is 17.4. The molecule has 4 rings (SSSR count). The van der Waals surface area contributed by atoms with Gasteiger partial charge in [-0.15, -0.1) is 5.10 Å². The van der Waals surface area contributed by atoms with E-state index in [1.54, 1.807) is 17.0 Å². The van der Waals surface area contributed by atoms with Crippen LogP contribution in [-0.2, 0) is 16.1 Å². The van der Waals surface area contributed by atoms with Gasteiger partial charge in [-0.3, -0.25) is 9.59 Å². The van der Waals surface area contributed by atoms with Crippen molar-refractivity contribution in [3.63, 3.8) is 0 Å². The van der Waals surface area contributed by atoms with E-state index >= 15 is 0 Å². The van der Waals surface area contributed by atoms with Crippen molar-refractivity contribution in [2.24, 2.45) is 5.92 Å². The van der Waals surface area contributed by atoms with Crippen LogP contribution in [0.25, 0.3) is 11.7 Å². The van der Waals surface area contributed by atoms with Crippen LogP contribution in [-0.4, -0.2) is 57.6 Å². The van der Waals surface area contributed by atoms with Crippen LogP contribution in [0.2, 0.25) is 0 Å². The third-order valence-electron chi connectivity index (χ3n) is 4.49. The van der Waals surface area contributed by atoms with Crippen molar-refractivity contribution in [1.82, 2.24) is 19.6 Å². The molecule has 2 amide bonds. The topological polar surface area (TPSA) is 102 Å². The molecule has 9 nitrogen and oxygen atoms in total. The van der Waals surface area contributed by atoms with Crippen LogP contribution in [0.4, 0.5) is 0 Å². The monoisotopic (exact) mass is 346 g/mol. The molecule has 0 radical (unpaired) electrons. The van der Waals surface area contributed by atoms with E-state index in [0.717, 1.165) is 17.5 Å². The van der Waals surface area contributed by atoms with Gasteiger partial charge in [-0.05, 0) is 25.0 Å². The summed E-state index contributed by atoms with van der Waals surface area (Å²) in [6.07, 6.45) is 3.40. The van der Waals surface area contributed by atoms with Crippen molar-refractivity contribution >= 4 is 11.8 Å². The Kier molecular flexibility index (Phi) is 3.90. The van der Waals surface area contributed by atoms with Gasteiger partial charge in [-0.1, -0.05) is 0 Å². The van der Waals surface area contributed by atoms with Gasteiger partial charge in [-0.2, -0.15) is 4.68 Å². The number of carbonyl (C=O) groups is 2. The molecule has 1 aliphatic carbocycles. The Bertz CT molecular complexity index is 825. The summed E-state index contributed by atoms with van der Waals surface area (Å²) in [6.45, 7) is 1.81. The number of rotatable bonds is 4. The fourth-order valence-corrected chi connectivity index (χ4v) is 2.90. The maximum Gasteiger partial charge on any atom is 0.437 e. The van der Waals surface area contributed by atoms with Gasteiger partial charge in [0.15, 0.2) is 5.76 Å². The second-order valence-electron chi connectivity index (χ2n) is 6.29. The summed E-state index contributed by atoms with van der Waals surface area (Å²) in [7, 11) is 0. The summed E-state index contributed by atoms with van der Waals surface area (Å²) < 4.78 is 11.1. The number of hydrogen-bond acceptors (Lipinski definition) is 6. The number of hydrogen-bond donors (Lipinski definition) is 0. The molecule has 0 atom stereocenters. The SMILES string of the molecule is O=C(Cn1nc(-c2ccco2)oc1=O)N1CCN(C(=O)C2CC2)CC1. The minimum absolute atomic E-state index is 0.0441. The zero-order valence-corrected chi connectivity index (χ0v) is 13.6. The quantitative estimate of drug-likeness (QED) is 0.782. The lowest BCUT2D eigenvalue weighted by Gasteiger charge is -2.34. The first kappa shape index (κ1) is 15.7. The van der Waals surface area contributed by atoms with Gasteiger partial charge in [0, 0.05) is 32.1 Å². The first-order chi connectivity index (χ1) is 12.1. The molecule has 0 bridgehead atoms. The Morgan fingerprint density at radius 1 is 1.16 bits per heavy atom. The average Bonchev–Trinajstić information content (AvgIpc) is 3.20. The summed E-state index contributed by atoms with van der Waals surface area (Å²) in [5, 5.41) is 3.99. The molecule has 0 aromatic carbocycles. The van der Waals surface area contributed by atoms with Gasteiger partial charge < -0.3 is 18.6 Å². The molecule has 25 heavy (non-hydrogen) atoms. The van der Waals surface area contributed by atoms with Crippen molar-refractivity contribution in [3.05, 3.63) is 28.9 Å². The molecule has 0 N–H and O–H groups in total. The van der Waals surface area contributed by atoms with Gasteiger partial charge in [0.1, 0.15) is 6.54 Å². The van der Waals surface area contributed by atoms with E-state index in [1.807, 2.05) is 4.90 Å². The summed E-state index contributed by atoms with van der Waals surface area (Å²) in [5.41, 5.74) is 0. The van der Waals surface area contributed by atoms with Crippen molar-refractivity contribution in [3.8, 4) is 11.7 Å². The molecule has 3 heterocycles. The zero-order valence-electron chi connectivity index (χ0n) is 13.6. The number of aromatic nitrogens is 2. The highest BCUT2D eigenvalue weighted by Crippen LogP contribution is 2.31. The van der Waals surface area contributed by atoms with Crippen molar-refractivity contribution in [2.45, 2.75) is 19.4 Å². The molecule has 1 aliphatic heterocycles. The van der Waals surface area contributed by atoms with E-state index < -0.39 is 5.76 Å². The van der Waals surface area contributed by atoms with Gasteiger partial charge >= 0.3 is 5.76 Å². The molecule has 1 saturated carbocycles. The van der Waals surface area contributed by atoms with E-state index in [0.29, 0.717) is 31.9 Å². The van der Waals surface area contributed by atoms with Crippen molar-refractivity contribution in [2.75, 3.05) is 26.2 Å². The van der Waals surface area contributed by atoms with Crippen LogP contribution in [0.3, 0.4) is 0 Å². The van der Waals surface area contributed by atoms with Crippen LogP contribution < -0.4 is 5.76 Å². The third kappa shape index (κ3) is 3.21. The molecule has 2 aromatic rings. The molecule has 132 valence electrons. The smallest absolute Gasteiger partial charge is 0.437 e. The van der Waals surface area contributed by atoms with Crippen molar-refractivity contribution in [1.29, 1.82) is 0 Å². The molecule has 9 heteroatoms. The van der Waals surface area contributed by atoms with Crippen LogP contribution >= 0.6 is 0 Å². The van der Waals surface area contributed by atoms with E-state index in [-0.39, 0.29) is 30.2 Å². The maximum atomic E-state index is 12.4. The number of furan rings is 1. The number of carbonyl (C=O) groups excluding carboxylic acids is 2. The van der Waals surface area contributed by atoms with E-state index in [9.17, 15) is 14.4 Å². The average molecular weight is 346 g/mol. The fourth-order valence-electron chi connectivity index (χ4n) is 2.90. The normalized spacial score (nSPS) is 17.8. The van der Waals surface area contributed by atoms with Gasteiger partial charge in [0.05, 0.1) is 6.26 Å². The molecule has 1 saturated heterocycles. The predicted molar refractivity (Wildman–Crippen MR) is 84.3 cm³/mol. The first-order valence-electron chi connectivity index (χ1n) is 8.30. The molecule has 2 aliphatic rings. The fraction of sp³-hybridized carbons (Fsp3) is 0.500. The summed E-state index contributed by atoms with van der Waals surface area (Å²) in [6, 6.07) is 3.27. The minimum atomic E-state index is -0.706. The van der Waals surface area contributed by atoms with Crippen LogP contribution in [0, 0.1) is 5.92 Å². The van der Waals surface area contributed by atoms with Crippen LogP contribution in [0.1, 0.15) is 12.8 Å². The Hall–Kier alpha value is -2.84. The molecule has 0 spiro atoms. The molecule has 0 unspecified atom stereocenters. The summed E-state index contributed by atoms with van der Waals surface area (Å²) >= 11 is 0. The minimum Gasteiger partial charge on any atom is -0.459 e. The predicted octanol–water partition coefficient (Wildman–Crippen LogP) is 0.177. The Labute approximate surface area is 142 Å². The second-order valence-corrected chi connectivity index (χ2v) is 6.29. The molecular formula is C16H18N4O5. The number of nitrogens with zero attached hydrogens (tertiary/aromatic N) is 4. The Morgan fingerprint density at radius 3 is 2.52 bits per heavy atom. The lowest BCUT2D eigenvalue weighted by molar-refractivity contribution is -0.140. The number of amides is 2. The first-order valence-corrected chi connectivity index (χ1v) is 8.30. The van der Waals surface area contributed by atoms with Gasteiger partial charge in [-0.25, -0.2) is 4.79 Å². The summed E-state index contributed by atoms with van der Waals surface area (Å²) in [5.74, 6) is -0.167. The number of piperazine rings is 1. The Balaban J connectivity index is 1.36. The van der Waals surface area contributed by atoms with Crippen LogP contribution in [0.5, 0.6) is 0 Å². The standard InChI is InChI=1S/C16H18N4O5/c21-13(18-5-7-19(8-6-18)15(22)11-3-4-11)10-20-16(23)25-14(17-20)12-2-1-9-24-12/h1-2,9,11H,3-8,10H2. The van der Waals surface area contributed by atoms with Crippen LogP contribution in [0.15, 0.2) is 32.0 Å². The second kappa shape index (κ2) is 6.23. The molecule has 2 aromatic heterocycles. The lowest BCUT2D eigenvalue weighted by atomic mass is 10.2. The highest BCUT2D eigenvalue weighted by Gasteiger charge is 2.35. The molecule has 2 fully saturated rings. The van der Waals surface area contributed by atoms with E-state index in [2.05, 4.69) is 5.10 Å². The van der Waals surface area contributed by atoms with Gasteiger partial charge in [0.25, 0.3) is 5.89 Å². The highest BCUT2D eigenvalue weighted by atomic mass is 16.4. The lowest BCUT2D eigenvalue weighted by Crippen LogP contribution is -2.52. The van der Waals surface area contributed by atoms with E-state index in [1.165, 1.54) is 6.26 Å².